The SMILES string of the molecule is CCOP1(=O)OP(=O)(OCC)OP(=O)(OCC)OP(=O)(OCC)O1. The summed E-state index contributed by atoms with van der Waals surface area (Å²) in [6.07, 6.45) is 0. The lowest BCUT2D eigenvalue weighted by Gasteiger charge is -2.30. The lowest BCUT2D eigenvalue weighted by Crippen LogP contribution is -2.10. The first-order valence-corrected chi connectivity index (χ1v) is 12.7. The van der Waals surface area contributed by atoms with Gasteiger partial charge in [0, 0.05) is 0 Å². The van der Waals surface area contributed by atoms with Gasteiger partial charge in [-0.3, -0.25) is 18.1 Å². The average molecular weight is 432 g/mol. The first-order chi connectivity index (χ1) is 11.1. The van der Waals surface area contributed by atoms with Crippen LogP contribution in [0.5, 0.6) is 0 Å². The molecule has 0 radical (unpaired) electrons. The first-order valence-electron chi connectivity index (χ1n) is 6.90. The highest BCUT2D eigenvalue weighted by Crippen LogP contribution is 2.83. The smallest absolute Gasteiger partial charge is 0.287 e. The summed E-state index contributed by atoms with van der Waals surface area (Å²) >= 11 is 0. The molecule has 0 atom stereocenters. The minimum Gasteiger partial charge on any atom is -0.287 e. The predicted octanol–water partition coefficient (Wildman–Crippen LogP) is 4.64. The Morgan fingerprint density at radius 1 is 0.500 bits per heavy atom. The van der Waals surface area contributed by atoms with Crippen molar-refractivity contribution in [2.45, 2.75) is 27.7 Å². The molecule has 144 valence electrons. The van der Waals surface area contributed by atoms with Crippen LogP contribution in [0.15, 0.2) is 0 Å². The van der Waals surface area contributed by atoms with Crippen molar-refractivity contribution in [2.75, 3.05) is 26.4 Å². The van der Waals surface area contributed by atoms with E-state index in [-0.39, 0.29) is 26.4 Å². The van der Waals surface area contributed by atoms with Crippen molar-refractivity contribution in [2.24, 2.45) is 0 Å². The van der Waals surface area contributed by atoms with Crippen LogP contribution < -0.4 is 0 Å². The van der Waals surface area contributed by atoms with E-state index in [1.165, 1.54) is 27.7 Å². The molecule has 0 amide bonds. The Labute approximate surface area is 139 Å². The second-order valence-corrected chi connectivity index (χ2v) is 11.0. The third-order valence-corrected chi connectivity index (χ3v) is 10.6. The third-order valence-electron chi connectivity index (χ3n) is 1.95. The van der Waals surface area contributed by atoms with Crippen LogP contribution in [0.1, 0.15) is 27.7 Å². The molecule has 0 N–H and O–H groups in total. The Bertz CT molecular complexity index is 476. The molecule has 1 aliphatic rings. The van der Waals surface area contributed by atoms with Gasteiger partial charge in [-0.1, -0.05) is 0 Å². The average Bonchev–Trinajstić information content (AvgIpc) is 2.35. The van der Waals surface area contributed by atoms with Crippen molar-refractivity contribution in [3.8, 4) is 0 Å². The van der Waals surface area contributed by atoms with Gasteiger partial charge in [0.1, 0.15) is 0 Å². The Kier molecular flexibility index (Phi) is 8.49. The Morgan fingerprint density at radius 3 is 0.792 bits per heavy atom. The molecule has 0 spiro atoms. The molecule has 1 fully saturated rings. The minimum absolute atomic E-state index is 0.237. The predicted molar refractivity (Wildman–Crippen MR) is 81.3 cm³/mol. The monoisotopic (exact) mass is 432 g/mol. The van der Waals surface area contributed by atoms with Crippen molar-refractivity contribution in [3.63, 3.8) is 0 Å². The normalized spacial score (nSPS) is 40.8. The van der Waals surface area contributed by atoms with Crippen LogP contribution in [-0.4, -0.2) is 26.4 Å². The molecule has 12 nitrogen and oxygen atoms in total. The van der Waals surface area contributed by atoms with E-state index in [1.807, 2.05) is 0 Å². The molecule has 1 heterocycles. The van der Waals surface area contributed by atoms with E-state index in [9.17, 15) is 18.3 Å². The maximum Gasteiger partial charge on any atom is 0.492 e. The van der Waals surface area contributed by atoms with Crippen LogP contribution in [0.4, 0.5) is 0 Å². The fourth-order valence-corrected chi connectivity index (χ4v) is 9.61. The van der Waals surface area contributed by atoms with Gasteiger partial charge in [0.15, 0.2) is 0 Å². The van der Waals surface area contributed by atoms with Gasteiger partial charge in [0.25, 0.3) is 0 Å². The zero-order valence-corrected chi connectivity index (χ0v) is 17.1. The van der Waals surface area contributed by atoms with Gasteiger partial charge in [-0.25, -0.2) is 18.3 Å². The van der Waals surface area contributed by atoms with Crippen molar-refractivity contribution in [3.05, 3.63) is 0 Å². The molecular weight excluding hydrogens is 412 g/mol. The summed E-state index contributed by atoms with van der Waals surface area (Å²) in [4.78, 5) is 0. The number of rotatable bonds is 8. The van der Waals surface area contributed by atoms with E-state index in [0.29, 0.717) is 0 Å². The summed E-state index contributed by atoms with van der Waals surface area (Å²) < 4.78 is 87.6. The molecule has 0 unspecified atom stereocenters. The lowest BCUT2D eigenvalue weighted by molar-refractivity contribution is 0.110. The summed E-state index contributed by atoms with van der Waals surface area (Å²) in [7, 11) is -19.1. The number of hydrogen-bond acceptors (Lipinski definition) is 12. The highest BCUT2D eigenvalue weighted by molar-refractivity contribution is 7.75. The second kappa shape index (κ2) is 9.00. The number of phosphoric acid groups is 4. The van der Waals surface area contributed by atoms with Crippen LogP contribution in [0, 0.1) is 0 Å². The highest BCUT2D eigenvalue weighted by Gasteiger charge is 2.57. The molecule has 0 aromatic heterocycles. The van der Waals surface area contributed by atoms with Crippen molar-refractivity contribution >= 4 is 31.3 Å². The molecule has 0 saturated carbocycles. The Morgan fingerprint density at radius 2 is 0.667 bits per heavy atom. The maximum atomic E-state index is 12.5. The Balaban J connectivity index is 3.35. The Hall–Kier alpha value is 0.600. The standard InChI is InChI=1S/C8H20O12P4/c1-5-13-21(9)17-22(10,14-6-2)19-24(12,16-8-4)20-23(11,18-21)15-7-3/h5-8H2,1-4H3. The molecule has 24 heavy (non-hydrogen) atoms. The fraction of sp³-hybridized carbons (Fsp3) is 1.00. The van der Waals surface area contributed by atoms with Crippen LogP contribution in [0.2, 0.25) is 0 Å². The number of hydrogen-bond donors (Lipinski definition) is 0. The molecule has 0 aromatic carbocycles. The summed E-state index contributed by atoms with van der Waals surface area (Å²) in [6.45, 7) is 4.70. The molecule has 1 rings (SSSR count). The highest BCUT2D eigenvalue weighted by atomic mass is 31.3. The van der Waals surface area contributed by atoms with Crippen LogP contribution in [-0.2, 0) is 53.6 Å². The molecule has 16 heteroatoms. The maximum absolute atomic E-state index is 12.5. The summed E-state index contributed by atoms with van der Waals surface area (Å²) in [5.41, 5.74) is 0. The van der Waals surface area contributed by atoms with Crippen molar-refractivity contribution in [1.29, 1.82) is 0 Å². The van der Waals surface area contributed by atoms with E-state index in [2.05, 4.69) is 17.2 Å². The molecule has 1 aliphatic heterocycles. The van der Waals surface area contributed by atoms with Gasteiger partial charge >= 0.3 is 31.3 Å². The van der Waals surface area contributed by atoms with E-state index < -0.39 is 31.3 Å². The van der Waals surface area contributed by atoms with Crippen molar-refractivity contribution in [1.82, 2.24) is 0 Å². The zero-order valence-electron chi connectivity index (χ0n) is 13.5. The van der Waals surface area contributed by atoms with E-state index in [1.54, 1.807) is 0 Å². The lowest BCUT2D eigenvalue weighted by atomic mass is 10.9. The van der Waals surface area contributed by atoms with Crippen molar-refractivity contribution < 1.29 is 53.6 Å². The van der Waals surface area contributed by atoms with Gasteiger partial charge in [0.05, 0.1) is 26.4 Å². The minimum atomic E-state index is -4.77. The first kappa shape index (κ1) is 22.6. The molecule has 1 saturated heterocycles. The quantitative estimate of drug-likeness (QED) is 0.493. The third kappa shape index (κ3) is 6.40. The van der Waals surface area contributed by atoms with Gasteiger partial charge in [-0.2, -0.15) is 17.2 Å². The molecule has 0 aromatic rings. The fourth-order valence-electron chi connectivity index (χ4n) is 1.37. The van der Waals surface area contributed by atoms with Gasteiger partial charge in [-0.15, -0.1) is 0 Å². The van der Waals surface area contributed by atoms with Crippen LogP contribution in [0.3, 0.4) is 0 Å². The van der Waals surface area contributed by atoms with E-state index in [0.717, 1.165) is 0 Å². The van der Waals surface area contributed by atoms with Crippen LogP contribution in [0.25, 0.3) is 0 Å². The molecule has 0 bridgehead atoms. The molecule has 0 aliphatic carbocycles. The topological polar surface area (TPSA) is 142 Å². The summed E-state index contributed by atoms with van der Waals surface area (Å²) in [5.74, 6) is 0. The largest absolute Gasteiger partial charge is 0.492 e. The van der Waals surface area contributed by atoms with Gasteiger partial charge in [0.2, 0.25) is 0 Å². The van der Waals surface area contributed by atoms with Crippen LogP contribution >= 0.6 is 31.3 Å². The second-order valence-electron chi connectivity index (χ2n) is 3.79. The molecular formula is C8H20O12P4. The summed E-state index contributed by atoms with van der Waals surface area (Å²) in [5, 5.41) is 0. The van der Waals surface area contributed by atoms with Gasteiger partial charge in [-0.05, 0) is 27.7 Å². The summed E-state index contributed by atoms with van der Waals surface area (Å²) in [6, 6.07) is 0. The van der Waals surface area contributed by atoms with Gasteiger partial charge < -0.3 is 0 Å². The zero-order chi connectivity index (χ0) is 18.5. The van der Waals surface area contributed by atoms with E-state index in [4.69, 9.17) is 18.1 Å². The van der Waals surface area contributed by atoms with E-state index >= 15 is 0 Å².